The Morgan fingerprint density at radius 3 is 2.40 bits per heavy atom. The van der Waals surface area contributed by atoms with Crippen molar-refractivity contribution in [1.29, 1.82) is 0 Å². The summed E-state index contributed by atoms with van der Waals surface area (Å²) in [5, 5.41) is 2.73. The van der Waals surface area contributed by atoms with E-state index in [0.29, 0.717) is 18.0 Å². The number of benzene rings is 1. The average Bonchev–Trinajstić information content (AvgIpc) is 2.37. The zero-order valence-electron chi connectivity index (χ0n) is 12.3. The number of carbonyl (C=O) groups excluding carboxylic acids is 2. The van der Waals surface area contributed by atoms with Crippen molar-refractivity contribution >= 4 is 17.5 Å². The fraction of sp³-hybridized carbons (Fsp3) is 0.467. The monoisotopic (exact) mass is 277 g/mol. The van der Waals surface area contributed by atoms with Crippen LogP contribution in [0.3, 0.4) is 0 Å². The normalized spacial score (nSPS) is 12.1. The molecular weight excluding hydrogens is 254 g/mol. The van der Waals surface area contributed by atoms with Gasteiger partial charge in [0.25, 0.3) is 0 Å². The minimum Gasteiger partial charge on any atom is -0.335 e. The lowest BCUT2D eigenvalue weighted by Gasteiger charge is -2.21. The van der Waals surface area contributed by atoms with E-state index in [2.05, 4.69) is 5.32 Å². The zero-order valence-corrected chi connectivity index (χ0v) is 12.3. The first-order chi connectivity index (χ1) is 9.40. The van der Waals surface area contributed by atoms with Crippen molar-refractivity contribution in [2.45, 2.75) is 26.3 Å². The number of nitrogens with one attached hydrogen (secondary N) is 1. The molecule has 0 radical (unpaired) electrons. The molecule has 1 atom stereocenters. The molecule has 1 aromatic rings. The van der Waals surface area contributed by atoms with Crippen LogP contribution in [0, 0.1) is 5.92 Å². The van der Waals surface area contributed by atoms with Gasteiger partial charge in [0.1, 0.15) is 0 Å². The van der Waals surface area contributed by atoms with Gasteiger partial charge in [0.05, 0.1) is 12.6 Å². The number of likely N-dealkylation sites (N-methyl/N-ethyl adjacent to an activating group) is 1. The number of nitrogens with two attached hydrogens (primary N) is 1. The van der Waals surface area contributed by atoms with E-state index in [4.69, 9.17) is 5.73 Å². The molecule has 0 aliphatic carbocycles. The van der Waals surface area contributed by atoms with E-state index >= 15 is 0 Å². The molecule has 0 saturated heterocycles. The minimum absolute atomic E-state index is 0.000473. The third-order valence-corrected chi connectivity index (χ3v) is 2.86. The number of nitrogens with zero attached hydrogens (tertiary/aromatic N) is 1. The van der Waals surface area contributed by atoms with Gasteiger partial charge in [-0.25, -0.2) is 0 Å². The molecule has 110 valence electrons. The largest absolute Gasteiger partial charge is 0.335 e. The van der Waals surface area contributed by atoms with Crippen molar-refractivity contribution in [3.05, 3.63) is 30.3 Å². The van der Waals surface area contributed by atoms with Crippen molar-refractivity contribution in [2.75, 3.05) is 18.9 Å². The predicted octanol–water partition coefficient (Wildman–Crippen LogP) is 1.46. The van der Waals surface area contributed by atoms with E-state index in [-0.39, 0.29) is 18.4 Å². The van der Waals surface area contributed by atoms with Crippen molar-refractivity contribution in [2.24, 2.45) is 11.7 Å². The summed E-state index contributed by atoms with van der Waals surface area (Å²) < 4.78 is 0. The van der Waals surface area contributed by atoms with Gasteiger partial charge in [-0.3, -0.25) is 9.59 Å². The summed E-state index contributed by atoms with van der Waals surface area (Å²) >= 11 is 0. The molecule has 0 saturated carbocycles. The van der Waals surface area contributed by atoms with Crippen molar-refractivity contribution < 1.29 is 9.59 Å². The topological polar surface area (TPSA) is 75.4 Å². The Morgan fingerprint density at radius 1 is 1.25 bits per heavy atom. The predicted molar refractivity (Wildman–Crippen MR) is 80.1 cm³/mol. The van der Waals surface area contributed by atoms with Crippen LogP contribution in [0.4, 0.5) is 5.69 Å². The molecule has 0 bridgehead atoms. The molecule has 3 N–H and O–H groups in total. The molecule has 0 aliphatic heterocycles. The van der Waals surface area contributed by atoms with Gasteiger partial charge >= 0.3 is 0 Å². The lowest BCUT2D eigenvalue weighted by Crippen LogP contribution is -2.45. The molecule has 0 spiro atoms. The summed E-state index contributed by atoms with van der Waals surface area (Å²) in [7, 11) is 1.59. The number of amides is 2. The first-order valence-corrected chi connectivity index (χ1v) is 6.75. The van der Waals surface area contributed by atoms with Gasteiger partial charge in [-0.1, -0.05) is 32.0 Å². The maximum atomic E-state index is 12.0. The van der Waals surface area contributed by atoms with Gasteiger partial charge in [-0.2, -0.15) is 0 Å². The van der Waals surface area contributed by atoms with E-state index in [0.717, 1.165) is 0 Å². The second kappa shape index (κ2) is 7.65. The van der Waals surface area contributed by atoms with Gasteiger partial charge in [0.15, 0.2) is 0 Å². The van der Waals surface area contributed by atoms with E-state index in [9.17, 15) is 9.59 Å². The van der Waals surface area contributed by atoms with Gasteiger partial charge in [-0.15, -0.1) is 0 Å². The molecule has 0 heterocycles. The fourth-order valence-corrected chi connectivity index (χ4v) is 1.91. The Kier molecular flexibility index (Phi) is 6.18. The Balaban J connectivity index is 2.47. The van der Waals surface area contributed by atoms with Crippen LogP contribution in [-0.4, -0.2) is 36.3 Å². The molecule has 0 aromatic heterocycles. The highest BCUT2D eigenvalue weighted by atomic mass is 16.2. The number of hydrogen-bond acceptors (Lipinski definition) is 3. The number of anilines is 1. The van der Waals surface area contributed by atoms with Crippen molar-refractivity contribution in [1.82, 2.24) is 4.90 Å². The van der Waals surface area contributed by atoms with Crippen LogP contribution in [0.5, 0.6) is 0 Å². The molecule has 5 heteroatoms. The lowest BCUT2D eigenvalue weighted by molar-refractivity contribution is -0.134. The molecule has 1 rings (SSSR count). The smallest absolute Gasteiger partial charge is 0.243 e. The molecule has 20 heavy (non-hydrogen) atoms. The van der Waals surface area contributed by atoms with Gasteiger partial charge < -0.3 is 16.0 Å². The Labute approximate surface area is 120 Å². The van der Waals surface area contributed by atoms with E-state index in [1.807, 2.05) is 32.0 Å². The van der Waals surface area contributed by atoms with E-state index < -0.39 is 6.04 Å². The standard InChI is InChI=1S/C15H23N3O2/c1-11(2)9-13(16)15(20)18(3)10-14(19)17-12-7-5-4-6-8-12/h4-8,11,13H,9-10,16H2,1-3H3,(H,17,19). The van der Waals surface area contributed by atoms with E-state index in [1.165, 1.54) is 4.90 Å². The highest BCUT2D eigenvalue weighted by molar-refractivity contribution is 5.95. The molecule has 5 nitrogen and oxygen atoms in total. The zero-order chi connectivity index (χ0) is 15.1. The summed E-state index contributed by atoms with van der Waals surface area (Å²) in [5.41, 5.74) is 6.54. The summed E-state index contributed by atoms with van der Waals surface area (Å²) in [4.78, 5) is 25.2. The molecule has 2 amide bonds. The second-order valence-electron chi connectivity index (χ2n) is 5.34. The average molecular weight is 277 g/mol. The number of hydrogen-bond donors (Lipinski definition) is 2. The fourth-order valence-electron chi connectivity index (χ4n) is 1.91. The van der Waals surface area contributed by atoms with Crippen LogP contribution in [0.25, 0.3) is 0 Å². The van der Waals surface area contributed by atoms with E-state index in [1.54, 1.807) is 19.2 Å². The summed E-state index contributed by atoms with van der Waals surface area (Å²) in [6.07, 6.45) is 0.615. The van der Waals surface area contributed by atoms with Crippen LogP contribution in [0.1, 0.15) is 20.3 Å². The van der Waals surface area contributed by atoms with Gasteiger partial charge in [0, 0.05) is 12.7 Å². The van der Waals surface area contributed by atoms with Crippen molar-refractivity contribution in [3.8, 4) is 0 Å². The number of para-hydroxylation sites is 1. The van der Waals surface area contributed by atoms with Crippen LogP contribution < -0.4 is 11.1 Å². The van der Waals surface area contributed by atoms with Crippen molar-refractivity contribution in [3.63, 3.8) is 0 Å². The molecule has 0 aliphatic rings. The second-order valence-corrected chi connectivity index (χ2v) is 5.34. The van der Waals surface area contributed by atoms with Crippen LogP contribution in [0.2, 0.25) is 0 Å². The number of rotatable bonds is 6. The van der Waals surface area contributed by atoms with Gasteiger partial charge in [-0.05, 0) is 24.5 Å². The van der Waals surface area contributed by atoms with Crippen LogP contribution in [0.15, 0.2) is 30.3 Å². The first-order valence-electron chi connectivity index (χ1n) is 6.75. The number of carbonyl (C=O) groups is 2. The van der Waals surface area contributed by atoms with Crippen LogP contribution >= 0.6 is 0 Å². The Bertz CT molecular complexity index is 446. The SMILES string of the molecule is CC(C)CC(N)C(=O)N(C)CC(=O)Nc1ccccc1. The maximum absolute atomic E-state index is 12.0. The first kappa shape index (κ1) is 16.2. The Morgan fingerprint density at radius 2 is 1.85 bits per heavy atom. The highest BCUT2D eigenvalue weighted by Gasteiger charge is 2.20. The Hall–Kier alpha value is -1.88. The maximum Gasteiger partial charge on any atom is 0.243 e. The quantitative estimate of drug-likeness (QED) is 0.826. The summed E-state index contributed by atoms with van der Waals surface area (Å²) in [5.74, 6) is -0.0915. The lowest BCUT2D eigenvalue weighted by atomic mass is 10.0. The highest BCUT2D eigenvalue weighted by Crippen LogP contribution is 2.07. The third kappa shape index (κ3) is 5.40. The molecular formula is C15H23N3O2. The minimum atomic E-state index is -0.551. The molecule has 1 unspecified atom stereocenters. The molecule has 0 fully saturated rings. The van der Waals surface area contributed by atoms with Gasteiger partial charge in [0.2, 0.25) is 11.8 Å². The van der Waals surface area contributed by atoms with Crippen LogP contribution in [-0.2, 0) is 9.59 Å². The third-order valence-electron chi connectivity index (χ3n) is 2.86. The molecule has 1 aromatic carbocycles. The summed E-state index contributed by atoms with van der Waals surface area (Å²) in [6, 6.07) is 8.58. The summed E-state index contributed by atoms with van der Waals surface area (Å²) in [6.45, 7) is 4.02.